The Bertz CT molecular complexity index is 1000. The first-order chi connectivity index (χ1) is 13.1. The second-order valence-corrected chi connectivity index (χ2v) is 6.21. The molecule has 2 amide bonds. The molecule has 7 nitrogen and oxygen atoms in total. The molecule has 1 aliphatic heterocycles. The van der Waals surface area contributed by atoms with Gasteiger partial charge in [0.05, 0.1) is 5.56 Å². The maximum atomic E-state index is 14.3. The predicted molar refractivity (Wildman–Crippen MR) is 95.9 cm³/mol. The van der Waals surface area contributed by atoms with E-state index in [1.807, 2.05) is 12.1 Å². The zero-order chi connectivity index (χ0) is 18.8. The van der Waals surface area contributed by atoms with Crippen molar-refractivity contribution in [3.63, 3.8) is 0 Å². The Hall–Kier alpha value is -3.55. The average molecular weight is 365 g/mol. The van der Waals surface area contributed by atoms with Crippen LogP contribution in [0.4, 0.5) is 10.1 Å². The van der Waals surface area contributed by atoms with Crippen LogP contribution in [0.3, 0.4) is 0 Å². The highest BCUT2D eigenvalue weighted by Gasteiger charge is 2.20. The van der Waals surface area contributed by atoms with Crippen molar-refractivity contribution >= 4 is 17.5 Å². The van der Waals surface area contributed by atoms with Crippen molar-refractivity contribution in [2.75, 3.05) is 5.32 Å². The van der Waals surface area contributed by atoms with Crippen molar-refractivity contribution in [2.45, 2.75) is 19.4 Å². The monoisotopic (exact) mass is 365 g/mol. The average Bonchev–Trinajstić information content (AvgIpc) is 3.20. The van der Waals surface area contributed by atoms with Crippen LogP contribution >= 0.6 is 0 Å². The Morgan fingerprint density at radius 1 is 1.30 bits per heavy atom. The van der Waals surface area contributed by atoms with E-state index in [0.29, 0.717) is 24.3 Å². The van der Waals surface area contributed by atoms with Gasteiger partial charge in [-0.15, -0.1) is 0 Å². The van der Waals surface area contributed by atoms with E-state index in [2.05, 4.69) is 20.6 Å². The van der Waals surface area contributed by atoms with Gasteiger partial charge in [0.1, 0.15) is 18.0 Å². The van der Waals surface area contributed by atoms with Crippen molar-refractivity contribution in [1.29, 1.82) is 0 Å². The lowest BCUT2D eigenvalue weighted by Crippen LogP contribution is -2.25. The molecule has 4 rings (SSSR count). The van der Waals surface area contributed by atoms with Crippen LogP contribution in [0.15, 0.2) is 49.2 Å². The Labute approximate surface area is 154 Å². The number of aromatic nitrogens is 3. The summed E-state index contributed by atoms with van der Waals surface area (Å²) in [6, 6.07) is 6.34. The molecule has 3 aromatic rings. The standard InChI is InChI=1S/C19H16FN5O2/c20-15-8-16-13(2-4-18(26)24-16)7-14(15)19(27)23-10-12-1-3-17(22-9-12)25-6-5-21-11-25/h1,3,5-9,11H,2,4,10H2,(H,23,27)(H,24,26). The molecule has 0 aliphatic carbocycles. The molecule has 2 N–H and O–H groups in total. The van der Waals surface area contributed by atoms with Crippen LogP contribution in [0.25, 0.3) is 5.82 Å². The molecule has 1 aromatic carbocycles. The van der Waals surface area contributed by atoms with Crippen LogP contribution in [-0.4, -0.2) is 26.3 Å². The number of fused-ring (bicyclic) bond motifs is 1. The highest BCUT2D eigenvalue weighted by Crippen LogP contribution is 2.26. The Kier molecular flexibility index (Phi) is 4.37. The predicted octanol–water partition coefficient (Wildman–Crippen LogP) is 2.22. The highest BCUT2D eigenvalue weighted by atomic mass is 19.1. The summed E-state index contributed by atoms with van der Waals surface area (Å²) in [6.07, 6.45) is 7.55. The number of benzene rings is 1. The summed E-state index contributed by atoms with van der Waals surface area (Å²) in [4.78, 5) is 32.0. The van der Waals surface area contributed by atoms with Crippen molar-refractivity contribution in [1.82, 2.24) is 19.9 Å². The number of anilines is 1. The van der Waals surface area contributed by atoms with Gasteiger partial charge in [0.2, 0.25) is 5.91 Å². The van der Waals surface area contributed by atoms with Crippen LogP contribution in [0.1, 0.15) is 27.9 Å². The van der Waals surface area contributed by atoms with Gasteiger partial charge in [-0.05, 0) is 35.7 Å². The van der Waals surface area contributed by atoms with E-state index in [4.69, 9.17) is 0 Å². The van der Waals surface area contributed by atoms with E-state index < -0.39 is 11.7 Å². The molecule has 136 valence electrons. The lowest BCUT2D eigenvalue weighted by molar-refractivity contribution is -0.116. The normalized spacial score (nSPS) is 13.0. The van der Waals surface area contributed by atoms with Crippen molar-refractivity contribution < 1.29 is 14.0 Å². The van der Waals surface area contributed by atoms with Gasteiger partial charge in [-0.2, -0.15) is 0 Å². The minimum atomic E-state index is -0.665. The molecule has 3 heterocycles. The topological polar surface area (TPSA) is 88.9 Å². The first kappa shape index (κ1) is 16.9. The molecule has 0 saturated heterocycles. The molecule has 8 heteroatoms. The zero-order valence-corrected chi connectivity index (χ0v) is 14.3. The van der Waals surface area contributed by atoms with E-state index in [1.165, 1.54) is 12.1 Å². The van der Waals surface area contributed by atoms with Crippen LogP contribution in [0.5, 0.6) is 0 Å². The third kappa shape index (κ3) is 3.55. The number of carbonyl (C=O) groups excluding carboxylic acids is 2. The molecule has 0 radical (unpaired) electrons. The zero-order valence-electron chi connectivity index (χ0n) is 14.3. The number of aryl methyl sites for hydroxylation is 1. The summed E-state index contributed by atoms with van der Waals surface area (Å²) >= 11 is 0. The summed E-state index contributed by atoms with van der Waals surface area (Å²) in [5, 5.41) is 5.32. The third-order valence-electron chi connectivity index (χ3n) is 4.36. The van der Waals surface area contributed by atoms with E-state index >= 15 is 0 Å². The van der Waals surface area contributed by atoms with Crippen LogP contribution in [0.2, 0.25) is 0 Å². The molecule has 0 fully saturated rings. The largest absolute Gasteiger partial charge is 0.348 e. The van der Waals surface area contributed by atoms with Gasteiger partial charge in [-0.3, -0.25) is 14.2 Å². The van der Waals surface area contributed by atoms with Crippen molar-refractivity contribution in [2.24, 2.45) is 0 Å². The lowest BCUT2D eigenvalue weighted by atomic mass is 9.99. The highest BCUT2D eigenvalue weighted by molar-refractivity contribution is 5.98. The number of carbonyl (C=O) groups is 2. The fourth-order valence-electron chi connectivity index (χ4n) is 2.92. The van der Waals surface area contributed by atoms with E-state index in [0.717, 1.165) is 11.1 Å². The molecule has 0 saturated carbocycles. The number of hydrogen-bond donors (Lipinski definition) is 2. The van der Waals surface area contributed by atoms with Gasteiger partial charge in [-0.1, -0.05) is 6.07 Å². The molecule has 1 aliphatic rings. The first-order valence-corrected chi connectivity index (χ1v) is 8.44. The lowest BCUT2D eigenvalue weighted by Gasteiger charge is -2.18. The quantitative estimate of drug-likeness (QED) is 0.742. The Morgan fingerprint density at radius 2 is 2.19 bits per heavy atom. The molecular formula is C19H16FN5O2. The molecule has 27 heavy (non-hydrogen) atoms. The van der Waals surface area contributed by atoms with Gasteiger partial charge in [-0.25, -0.2) is 14.4 Å². The third-order valence-corrected chi connectivity index (χ3v) is 4.36. The van der Waals surface area contributed by atoms with Gasteiger partial charge in [0.25, 0.3) is 5.91 Å². The summed E-state index contributed by atoms with van der Waals surface area (Å²) in [6.45, 7) is 0.225. The maximum Gasteiger partial charge on any atom is 0.254 e. The molecule has 2 aromatic heterocycles. The molecular weight excluding hydrogens is 349 g/mol. The van der Waals surface area contributed by atoms with Crippen LogP contribution in [-0.2, 0) is 17.8 Å². The fourth-order valence-corrected chi connectivity index (χ4v) is 2.92. The van der Waals surface area contributed by atoms with E-state index in [1.54, 1.807) is 29.5 Å². The molecule has 0 atom stereocenters. The van der Waals surface area contributed by atoms with Gasteiger partial charge in [0, 0.05) is 37.2 Å². The number of pyridine rings is 1. The minimum Gasteiger partial charge on any atom is -0.348 e. The fraction of sp³-hybridized carbons (Fsp3) is 0.158. The summed E-state index contributed by atoms with van der Waals surface area (Å²) in [5.41, 5.74) is 1.94. The van der Waals surface area contributed by atoms with Crippen LogP contribution < -0.4 is 10.6 Å². The SMILES string of the molecule is O=C1CCc2cc(C(=O)NCc3ccc(-n4ccnc4)nc3)c(F)cc2N1. The molecule has 0 spiro atoms. The van der Waals surface area contributed by atoms with Gasteiger partial charge < -0.3 is 10.6 Å². The minimum absolute atomic E-state index is 0.0344. The van der Waals surface area contributed by atoms with Crippen LogP contribution in [0, 0.1) is 5.82 Å². The summed E-state index contributed by atoms with van der Waals surface area (Å²) < 4.78 is 16.0. The number of amides is 2. The van der Waals surface area contributed by atoms with E-state index in [-0.39, 0.29) is 18.0 Å². The maximum absolute atomic E-state index is 14.3. The first-order valence-electron chi connectivity index (χ1n) is 8.44. The number of halogens is 1. The van der Waals surface area contributed by atoms with Crippen molar-refractivity contribution in [3.8, 4) is 5.82 Å². The Morgan fingerprint density at radius 3 is 2.93 bits per heavy atom. The number of nitrogens with zero attached hydrogens (tertiary/aromatic N) is 3. The van der Waals surface area contributed by atoms with Crippen molar-refractivity contribution in [3.05, 3.63) is 71.7 Å². The molecule has 0 bridgehead atoms. The molecule has 0 unspecified atom stereocenters. The van der Waals surface area contributed by atoms with Gasteiger partial charge >= 0.3 is 0 Å². The number of hydrogen-bond acceptors (Lipinski definition) is 4. The number of rotatable bonds is 4. The Balaban J connectivity index is 1.44. The number of nitrogens with one attached hydrogen (secondary N) is 2. The summed E-state index contributed by atoms with van der Waals surface area (Å²) in [7, 11) is 0. The number of imidazole rings is 1. The second-order valence-electron chi connectivity index (χ2n) is 6.21. The van der Waals surface area contributed by atoms with E-state index in [9.17, 15) is 14.0 Å². The summed E-state index contributed by atoms with van der Waals surface area (Å²) in [5.74, 6) is -0.607. The van der Waals surface area contributed by atoms with Gasteiger partial charge in [0.15, 0.2) is 0 Å². The smallest absolute Gasteiger partial charge is 0.254 e. The second kappa shape index (κ2) is 6.99.